The normalized spacial score (nSPS) is 11.0. The van der Waals surface area contributed by atoms with E-state index in [0.717, 1.165) is 16.7 Å². The quantitative estimate of drug-likeness (QED) is 0.571. The Morgan fingerprint density at radius 1 is 1.07 bits per heavy atom. The fraction of sp³-hybridized carbons (Fsp3) is 0.364. The van der Waals surface area contributed by atoms with Gasteiger partial charge in [0.15, 0.2) is 0 Å². The van der Waals surface area contributed by atoms with Crippen LogP contribution in [0.25, 0.3) is 11.4 Å². The minimum absolute atomic E-state index is 0.0145. The van der Waals surface area contributed by atoms with E-state index in [1.807, 2.05) is 68.4 Å². The van der Waals surface area contributed by atoms with Crippen molar-refractivity contribution in [2.24, 2.45) is 0 Å². The third-order valence-corrected chi connectivity index (χ3v) is 4.34. The van der Waals surface area contributed by atoms with E-state index in [1.54, 1.807) is 0 Å². The first-order chi connectivity index (χ1) is 14.1. The number of benzene rings is 2. The molecule has 2 aromatic carbocycles. The molecule has 0 saturated carbocycles. The van der Waals surface area contributed by atoms with Crippen LogP contribution < -0.4 is 5.32 Å². The van der Waals surface area contributed by atoms with Crippen molar-refractivity contribution in [2.45, 2.75) is 52.5 Å². The molecule has 0 radical (unpaired) electrons. The Bertz CT molecular complexity index is 891. The fourth-order valence-corrected chi connectivity index (χ4v) is 2.73. The average molecular weight is 393 g/mol. The Hall–Kier alpha value is -3.06. The van der Waals surface area contributed by atoms with Crippen LogP contribution in [-0.4, -0.2) is 32.2 Å². The third kappa shape index (κ3) is 6.80. The van der Waals surface area contributed by atoms with E-state index in [0.29, 0.717) is 38.4 Å². The van der Waals surface area contributed by atoms with Crippen LogP contribution in [0.4, 0.5) is 0 Å². The van der Waals surface area contributed by atoms with Crippen LogP contribution in [0, 0.1) is 0 Å². The van der Waals surface area contributed by atoms with Crippen LogP contribution >= 0.6 is 0 Å². The van der Waals surface area contributed by atoms with Crippen LogP contribution in [0.5, 0.6) is 0 Å². The Morgan fingerprint density at radius 2 is 1.79 bits per heavy atom. The topological polar surface area (TPSA) is 81.9 Å². The predicted octanol–water partition coefficient (Wildman–Crippen LogP) is 3.36. The summed E-state index contributed by atoms with van der Waals surface area (Å²) in [6, 6.07) is 17.8. The molecule has 0 aliphatic heterocycles. The van der Waals surface area contributed by atoms with Crippen LogP contribution in [0.15, 0.2) is 54.6 Å². The molecular weight excluding hydrogens is 366 g/mol. The molecule has 0 aliphatic rings. The summed E-state index contributed by atoms with van der Waals surface area (Å²) >= 11 is 0. The number of carbonyl (C=O) groups excluding carboxylic acids is 1. The maximum atomic E-state index is 12.1. The van der Waals surface area contributed by atoms with E-state index in [9.17, 15) is 4.79 Å². The first-order valence-electron chi connectivity index (χ1n) is 9.89. The Labute approximate surface area is 171 Å². The van der Waals surface area contributed by atoms with Gasteiger partial charge in [-0.1, -0.05) is 54.6 Å². The molecule has 3 rings (SSSR count). The molecule has 1 amide bonds. The van der Waals surface area contributed by atoms with Crippen molar-refractivity contribution < 1.29 is 9.53 Å². The maximum Gasteiger partial charge on any atom is 0.220 e. The van der Waals surface area contributed by atoms with E-state index in [4.69, 9.17) is 4.74 Å². The van der Waals surface area contributed by atoms with Crippen molar-refractivity contribution in [3.05, 3.63) is 65.7 Å². The second kappa shape index (κ2) is 10.5. The van der Waals surface area contributed by atoms with Crippen LogP contribution in [-0.2, 0) is 29.2 Å². The van der Waals surface area contributed by atoms with Gasteiger partial charge in [-0.3, -0.25) is 4.79 Å². The molecule has 1 aromatic heterocycles. The lowest BCUT2D eigenvalue weighted by atomic mass is 10.1. The number of hydrogen-bond acceptors (Lipinski definition) is 5. The number of rotatable bonds is 10. The minimum Gasteiger partial charge on any atom is -0.374 e. The molecule has 1 heterocycles. The number of nitrogens with one attached hydrogen (secondary N) is 1. The van der Waals surface area contributed by atoms with Gasteiger partial charge in [-0.15, -0.1) is 10.2 Å². The van der Waals surface area contributed by atoms with Gasteiger partial charge >= 0.3 is 0 Å². The molecule has 7 heteroatoms. The Kier molecular flexibility index (Phi) is 7.47. The first-order valence-corrected chi connectivity index (χ1v) is 9.89. The zero-order chi connectivity index (χ0) is 20.5. The van der Waals surface area contributed by atoms with Crippen molar-refractivity contribution >= 4 is 5.91 Å². The number of tetrazole rings is 1. The molecule has 0 fully saturated rings. The molecule has 29 heavy (non-hydrogen) atoms. The van der Waals surface area contributed by atoms with Gasteiger partial charge in [0.05, 0.1) is 19.3 Å². The van der Waals surface area contributed by atoms with Crippen molar-refractivity contribution in [1.82, 2.24) is 25.5 Å². The zero-order valence-electron chi connectivity index (χ0n) is 16.9. The summed E-state index contributed by atoms with van der Waals surface area (Å²) in [7, 11) is 0. The SMILES string of the molecule is CC(C)OCc1ccc(CNC(=O)CCCn2nnc(-c3ccccc3)n2)cc1. The number of nitrogens with zero attached hydrogens (tertiary/aromatic N) is 4. The van der Waals surface area contributed by atoms with Crippen molar-refractivity contribution in [1.29, 1.82) is 0 Å². The highest BCUT2D eigenvalue weighted by atomic mass is 16.5. The molecule has 0 atom stereocenters. The van der Waals surface area contributed by atoms with E-state index >= 15 is 0 Å². The van der Waals surface area contributed by atoms with Crippen LogP contribution in [0.1, 0.15) is 37.8 Å². The zero-order valence-corrected chi connectivity index (χ0v) is 16.9. The van der Waals surface area contributed by atoms with Gasteiger partial charge in [0.2, 0.25) is 11.7 Å². The molecule has 0 unspecified atom stereocenters. The summed E-state index contributed by atoms with van der Waals surface area (Å²) in [5.74, 6) is 0.609. The molecule has 0 saturated heterocycles. The molecule has 7 nitrogen and oxygen atoms in total. The maximum absolute atomic E-state index is 12.1. The number of aromatic nitrogens is 4. The fourth-order valence-electron chi connectivity index (χ4n) is 2.73. The Balaban J connectivity index is 1.37. The van der Waals surface area contributed by atoms with Gasteiger partial charge in [-0.2, -0.15) is 4.80 Å². The lowest BCUT2D eigenvalue weighted by Crippen LogP contribution is -2.23. The Morgan fingerprint density at radius 3 is 2.52 bits per heavy atom. The van der Waals surface area contributed by atoms with E-state index in [1.165, 1.54) is 4.80 Å². The van der Waals surface area contributed by atoms with E-state index in [2.05, 4.69) is 20.7 Å². The summed E-state index contributed by atoms with van der Waals surface area (Å²) in [6.07, 6.45) is 1.29. The molecule has 3 aromatic rings. The molecule has 0 aliphatic carbocycles. The lowest BCUT2D eigenvalue weighted by Gasteiger charge is -2.09. The van der Waals surface area contributed by atoms with E-state index in [-0.39, 0.29) is 12.0 Å². The molecule has 152 valence electrons. The van der Waals surface area contributed by atoms with Gasteiger partial charge in [-0.05, 0) is 36.6 Å². The summed E-state index contributed by atoms with van der Waals surface area (Å²) in [4.78, 5) is 13.6. The smallest absolute Gasteiger partial charge is 0.220 e. The largest absolute Gasteiger partial charge is 0.374 e. The van der Waals surface area contributed by atoms with Gasteiger partial charge in [0.1, 0.15) is 0 Å². The summed E-state index contributed by atoms with van der Waals surface area (Å²) < 4.78 is 5.59. The minimum atomic E-state index is 0.0145. The first kappa shape index (κ1) is 20.7. The second-order valence-electron chi connectivity index (χ2n) is 7.13. The van der Waals surface area contributed by atoms with Crippen molar-refractivity contribution in [2.75, 3.05) is 0 Å². The van der Waals surface area contributed by atoms with Crippen molar-refractivity contribution in [3.63, 3.8) is 0 Å². The number of carbonyl (C=O) groups is 1. The highest BCUT2D eigenvalue weighted by molar-refractivity contribution is 5.75. The van der Waals surface area contributed by atoms with Crippen LogP contribution in [0.3, 0.4) is 0 Å². The molecular formula is C22H27N5O2. The molecule has 0 bridgehead atoms. The summed E-state index contributed by atoms with van der Waals surface area (Å²) in [5.41, 5.74) is 3.12. The molecule has 1 N–H and O–H groups in total. The second-order valence-corrected chi connectivity index (χ2v) is 7.13. The van der Waals surface area contributed by atoms with Crippen molar-refractivity contribution in [3.8, 4) is 11.4 Å². The standard InChI is InChI=1S/C22H27N5O2/c1-17(2)29-16-19-12-10-18(11-13-19)15-23-21(28)9-6-14-27-25-22(24-26-27)20-7-4-3-5-8-20/h3-5,7-8,10-13,17H,6,9,14-16H2,1-2H3,(H,23,28). The number of hydrogen-bond donors (Lipinski definition) is 1. The van der Waals surface area contributed by atoms with E-state index < -0.39 is 0 Å². The summed E-state index contributed by atoms with van der Waals surface area (Å²) in [6.45, 7) is 5.71. The number of aryl methyl sites for hydroxylation is 1. The lowest BCUT2D eigenvalue weighted by molar-refractivity contribution is -0.121. The molecule has 0 spiro atoms. The third-order valence-electron chi connectivity index (χ3n) is 4.34. The predicted molar refractivity (Wildman–Crippen MR) is 111 cm³/mol. The van der Waals surface area contributed by atoms with Gasteiger partial charge in [0.25, 0.3) is 0 Å². The number of ether oxygens (including phenoxy) is 1. The van der Waals surface area contributed by atoms with Gasteiger partial charge < -0.3 is 10.1 Å². The highest BCUT2D eigenvalue weighted by Crippen LogP contribution is 2.12. The number of amides is 1. The summed E-state index contributed by atoms with van der Waals surface area (Å²) in [5, 5.41) is 15.4. The highest BCUT2D eigenvalue weighted by Gasteiger charge is 2.07. The van der Waals surface area contributed by atoms with Gasteiger partial charge in [0, 0.05) is 18.5 Å². The monoisotopic (exact) mass is 393 g/mol. The van der Waals surface area contributed by atoms with Crippen LogP contribution in [0.2, 0.25) is 0 Å². The average Bonchev–Trinajstić information content (AvgIpc) is 3.21. The van der Waals surface area contributed by atoms with Gasteiger partial charge in [-0.25, -0.2) is 0 Å².